The number of hydrogen-bond donors (Lipinski definition) is 0. The van der Waals surface area contributed by atoms with E-state index in [0.29, 0.717) is 23.0 Å². The number of anilines is 1. The maximum Gasteiger partial charge on any atom is 0.339 e. The number of hydrogen-bond acceptors (Lipinski definition) is 5. The monoisotopic (exact) mass is 466 g/mol. The Bertz CT molecular complexity index is 1020. The molecule has 0 saturated heterocycles. The summed E-state index contributed by atoms with van der Waals surface area (Å²) in [6, 6.07) is 15.2. The molecule has 6 nitrogen and oxygen atoms in total. The van der Waals surface area contributed by atoms with Crippen molar-refractivity contribution in [1.29, 1.82) is 0 Å². The van der Waals surface area contributed by atoms with E-state index in [1.165, 1.54) is 31.0 Å². The standard InChI is InChI=1S/C26H30N2O4S/c1-27(20-10-3-2-4-11-20)25(30)18-33-23-14-8-6-12-21(23)26(31)32-17-24(29)28-16-15-19-9-5-7-13-22(19)28/h5-9,12-14,20H,2-4,10-11,15-18H2,1H3. The normalized spacial score (nSPS) is 15.7. The van der Waals surface area contributed by atoms with Crippen LogP contribution in [-0.4, -0.2) is 54.7 Å². The molecule has 33 heavy (non-hydrogen) atoms. The highest BCUT2D eigenvalue weighted by Gasteiger charge is 2.26. The second kappa shape index (κ2) is 10.9. The van der Waals surface area contributed by atoms with E-state index >= 15 is 0 Å². The van der Waals surface area contributed by atoms with Crippen LogP contribution in [0.15, 0.2) is 53.4 Å². The molecule has 0 unspecified atom stereocenters. The molecular formula is C26H30N2O4S. The highest BCUT2D eigenvalue weighted by Crippen LogP contribution is 2.28. The van der Waals surface area contributed by atoms with Gasteiger partial charge in [0.05, 0.1) is 11.3 Å². The fourth-order valence-corrected chi connectivity index (χ4v) is 5.52. The van der Waals surface area contributed by atoms with Gasteiger partial charge < -0.3 is 14.5 Å². The Morgan fingerprint density at radius 1 is 1.03 bits per heavy atom. The Morgan fingerprint density at radius 2 is 1.76 bits per heavy atom. The van der Waals surface area contributed by atoms with Crippen LogP contribution in [0.25, 0.3) is 0 Å². The number of carbonyl (C=O) groups is 3. The molecule has 1 saturated carbocycles. The van der Waals surface area contributed by atoms with Crippen molar-refractivity contribution in [2.24, 2.45) is 0 Å². The minimum atomic E-state index is -0.549. The minimum absolute atomic E-state index is 0.0675. The summed E-state index contributed by atoms with van der Waals surface area (Å²) in [5, 5.41) is 0. The molecule has 1 aliphatic carbocycles. The average molecular weight is 467 g/mol. The summed E-state index contributed by atoms with van der Waals surface area (Å²) in [4.78, 5) is 42.3. The van der Waals surface area contributed by atoms with E-state index in [2.05, 4.69) is 0 Å². The third-order valence-corrected chi connectivity index (χ3v) is 7.55. The molecule has 2 amide bonds. The molecule has 7 heteroatoms. The summed E-state index contributed by atoms with van der Waals surface area (Å²) in [6.07, 6.45) is 6.52. The second-order valence-electron chi connectivity index (χ2n) is 8.58. The number of rotatable bonds is 7. The second-order valence-corrected chi connectivity index (χ2v) is 9.60. The number of amides is 2. The number of esters is 1. The molecule has 2 aromatic carbocycles. The number of thioether (sulfide) groups is 1. The lowest BCUT2D eigenvalue weighted by Crippen LogP contribution is -2.39. The van der Waals surface area contributed by atoms with E-state index in [-0.39, 0.29) is 24.2 Å². The van der Waals surface area contributed by atoms with Crippen LogP contribution in [0, 0.1) is 0 Å². The first-order valence-corrected chi connectivity index (χ1v) is 12.6. The number of ether oxygens (including phenoxy) is 1. The van der Waals surface area contributed by atoms with Crippen molar-refractivity contribution >= 4 is 35.2 Å². The number of carbonyl (C=O) groups excluding carboxylic acids is 3. The van der Waals surface area contributed by atoms with E-state index in [9.17, 15) is 14.4 Å². The van der Waals surface area contributed by atoms with Crippen molar-refractivity contribution < 1.29 is 19.1 Å². The van der Waals surface area contributed by atoms with E-state index in [1.54, 1.807) is 17.0 Å². The van der Waals surface area contributed by atoms with Crippen molar-refractivity contribution in [3.63, 3.8) is 0 Å². The summed E-state index contributed by atoms with van der Waals surface area (Å²) >= 11 is 1.34. The molecule has 2 aromatic rings. The first kappa shape index (κ1) is 23.4. The maximum atomic E-state index is 12.8. The lowest BCUT2D eigenvalue weighted by molar-refractivity contribution is -0.129. The molecule has 0 N–H and O–H groups in total. The largest absolute Gasteiger partial charge is 0.452 e. The molecular weight excluding hydrogens is 436 g/mol. The van der Waals surface area contributed by atoms with Gasteiger partial charge >= 0.3 is 5.97 Å². The fourth-order valence-electron chi connectivity index (χ4n) is 4.55. The SMILES string of the molecule is CN(C(=O)CSc1ccccc1C(=O)OCC(=O)N1CCc2ccccc21)C1CCCCC1. The van der Waals surface area contributed by atoms with Crippen LogP contribution in [0.4, 0.5) is 5.69 Å². The molecule has 0 bridgehead atoms. The molecule has 0 atom stereocenters. The topological polar surface area (TPSA) is 66.9 Å². The molecule has 2 aliphatic rings. The van der Waals surface area contributed by atoms with Gasteiger partial charge in [0.1, 0.15) is 0 Å². The molecule has 1 heterocycles. The van der Waals surface area contributed by atoms with E-state index in [4.69, 9.17) is 4.74 Å². The van der Waals surface area contributed by atoms with Gasteiger partial charge in [-0.15, -0.1) is 11.8 Å². The van der Waals surface area contributed by atoms with Gasteiger partial charge in [-0.2, -0.15) is 0 Å². The highest BCUT2D eigenvalue weighted by atomic mass is 32.2. The van der Waals surface area contributed by atoms with E-state index < -0.39 is 5.97 Å². The van der Waals surface area contributed by atoms with Crippen LogP contribution in [0.1, 0.15) is 48.0 Å². The Balaban J connectivity index is 1.32. The number of benzene rings is 2. The molecule has 1 fully saturated rings. The van der Waals surface area contributed by atoms with Gasteiger partial charge in [-0.25, -0.2) is 4.79 Å². The lowest BCUT2D eigenvalue weighted by Gasteiger charge is -2.31. The Labute approximate surface area is 199 Å². The van der Waals surface area contributed by atoms with Crippen LogP contribution in [0.5, 0.6) is 0 Å². The number of nitrogens with zero attached hydrogens (tertiary/aromatic N) is 2. The first-order valence-electron chi connectivity index (χ1n) is 11.6. The highest BCUT2D eigenvalue weighted by molar-refractivity contribution is 8.00. The van der Waals surface area contributed by atoms with Crippen LogP contribution in [0.3, 0.4) is 0 Å². The molecule has 1 aliphatic heterocycles. The van der Waals surface area contributed by atoms with Crippen molar-refractivity contribution in [3.05, 3.63) is 59.7 Å². The minimum Gasteiger partial charge on any atom is -0.452 e. The van der Waals surface area contributed by atoms with Gasteiger partial charge in [-0.1, -0.05) is 49.6 Å². The first-order chi connectivity index (χ1) is 16.0. The predicted molar refractivity (Wildman–Crippen MR) is 130 cm³/mol. The van der Waals surface area contributed by atoms with Crippen molar-refractivity contribution in [2.75, 3.05) is 30.9 Å². The summed E-state index contributed by atoms with van der Waals surface area (Å²) in [6.45, 7) is 0.286. The molecule has 0 radical (unpaired) electrons. The van der Waals surface area contributed by atoms with Crippen LogP contribution < -0.4 is 4.90 Å². The maximum absolute atomic E-state index is 12.8. The van der Waals surface area contributed by atoms with Gasteiger partial charge in [0.15, 0.2) is 6.61 Å². The summed E-state index contributed by atoms with van der Waals surface area (Å²) in [7, 11) is 1.88. The van der Waals surface area contributed by atoms with Gasteiger partial charge in [0, 0.05) is 30.2 Å². The van der Waals surface area contributed by atoms with E-state index in [1.807, 2.05) is 48.3 Å². The number of fused-ring (bicyclic) bond motifs is 1. The van der Waals surface area contributed by atoms with Crippen molar-refractivity contribution in [2.45, 2.75) is 49.5 Å². The Morgan fingerprint density at radius 3 is 2.58 bits per heavy atom. The predicted octanol–water partition coefficient (Wildman–Crippen LogP) is 4.32. The molecule has 174 valence electrons. The quantitative estimate of drug-likeness (QED) is 0.449. The molecule has 0 spiro atoms. The fraction of sp³-hybridized carbons (Fsp3) is 0.423. The van der Waals surface area contributed by atoms with Gasteiger partial charge in [-0.05, 0) is 43.0 Å². The summed E-state index contributed by atoms with van der Waals surface area (Å²) < 4.78 is 5.37. The summed E-state index contributed by atoms with van der Waals surface area (Å²) in [5.41, 5.74) is 2.39. The Kier molecular flexibility index (Phi) is 7.70. The zero-order valence-electron chi connectivity index (χ0n) is 19.0. The lowest BCUT2D eigenvalue weighted by atomic mass is 9.94. The average Bonchev–Trinajstić information content (AvgIpc) is 3.30. The Hall–Kier alpha value is -2.80. The van der Waals surface area contributed by atoms with Gasteiger partial charge in [0.25, 0.3) is 5.91 Å². The summed E-state index contributed by atoms with van der Waals surface area (Å²) in [5.74, 6) is -0.450. The van der Waals surface area contributed by atoms with Crippen LogP contribution >= 0.6 is 11.8 Å². The third kappa shape index (κ3) is 5.58. The molecule has 0 aromatic heterocycles. The number of para-hydroxylation sites is 1. The molecule has 4 rings (SSSR count). The van der Waals surface area contributed by atoms with Crippen molar-refractivity contribution in [3.8, 4) is 0 Å². The van der Waals surface area contributed by atoms with E-state index in [0.717, 1.165) is 30.5 Å². The van der Waals surface area contributed by atoms with Gasteiger partial charge in [-0.3, -0.25) is 9.59 Å². The smallest absolute Gasteiger partial charge is 0.339 e. The zero-order valence-corrected chi connectivity index (χ0v) is 19.8. The zero-order chi connectivity index (χ0) is 23.2. The van der Waals surface area contributed by atoms with Crippen LogP contribution in [0.2, 0.25) is 0 Å². The van der Waals surface area contributed by atoms with Crippen molar-refractivity contribution in [1.82, 2.24) is 4.90 Å². The van der Waals surface area contributed by atoms with Crippen LogP contribution in [-0.2, 0) is 20.7 Å². The van der Waals surface area contributed by atoms with Gasteiger partial charge in [0.2, 0.25) is 5.91 Å². The third-order valence-electron chi connectivity index (χ3n) is 6.49.